The molecule has 0 bridgehead atoms. The van der Waals surface area contributed by atoms with E-state index in [1.165, 1.54) is 19.3 Å². The van der Waals surface area contributed by atoms with Crippen LogP contribution in [-0.4, -0.2) is 29.3 Å². The standard InChI is InChI=1S/C12H21NO/c1-4-11(3,10(2)14)13-8-7-12(9-13)5-6-12/h4-9H2,1-3H3. The second-order valence-electron chi connectivity index (χ2n) is 5.36. The molecule has 14 heavy (non-hydrogen) atoms. The Labute approximate surface area is 86.7 Å². The van der Waals surface area contributed by atoms with E-state index in [2.05, 4.69) is 18.7 Å². The molecule has 1 saturated carbocycles. The normalized spacial score (nSPS) is 29.1. The van der Waals surface area contributed by atoms with Crippen LogP contribution < -0.4 is 0 Å². The molecule has 0 radical (unpaired) electrons. The van der Waals surface area contributed by atoms with Crippen LogP contribution in [0.25, 0.3) is 0 Å². The second kappa shape index (κ2) is 3.06. The summed E-state index contributed by atoms with van der Waals surface area (Å²) in [5.74, 6) is 0.331. The van der Waals surface area contributed by atoms with Crippen molar-refractivity contribution in [1.82, 2.24) is 4.90 Å². The molecule has 0 aromatic rings. The average molecular weight is 195 g/mol. The molecular weight excluding hydrogens is 174 g/mol. The summed E-state index contributed by atoms with van der Waals surface area (Å²) in [7, 11) is 0. The van der Waals surface area contributed by atoms with Crippen LogP contribution in [0.4, 0.5) is 0 Å². The Morgan fingerprint density at radius 1 is 1.43 bits per heavy atom. The Balaban J connectivity index is 2.09. The van der Waals surface area contributed by atoms with Crippen LogP contribution in [0.5, 0.6) is 0 Å². The third-order valence-electron chi connectivity index (χ3n) is 4.54. The molecule has 2 rings (SSSR count). The minimum atomic E-state index is -0.188. The molecule has 1 saturated heterocycles. The second-order valence-corrected chi connectivity index (χ2v) is 5.36. The van der Waals surface area contributed by atoms with Gasteiger partial charge in [-0.1, -0.05) is 6.92 Å². The highest BCUT2D eigenvalue weighted by molar-refractivity contribution is 5.85. The van der Waals surface area contributed by atoms with Gasteiger partial charge in [-0.2, -0.15) is 0 Å². The number of rotatable bonds is 3. The number of carbonyl (C=O) groups excluding carboxylic acids is 1. The van der Waals surface area contributed by atoms with Crippen molar-refractivity contribution in [1.29, 1.82) is 0 Å². The maximum absolute atomic E-state index is 11.7. The van der Waals surface area contributed by atoms with E-state index in [0.717, 1.165) is 19.5 Å². The number of likely N-dealkylation sites (tertiary alicyclic amines) is 1. The van der Waals surface area contributed by atoms with Gasteiger partial charge in [-0.3, -0.25) is 9.69 Å². The van der Waals surface area contributed by atoms with Crippen molar-refractivity contribution in [2.24, 2.45) is 5.41 Å². The maximum atomic E-state index is 11.7. The number of hydrogen-bond donors (Lipinski definition) is 0. The van der Waals surface area contributed by atoms with E-state index in [1.807, 2.05) is 0 Å². The smallest absolute Gasteiger partial charge is 0.149 e. The first-order chi connectivity index (χ1) is 6.52. The van der Waals surface area contributed by atoms with E-state index in [9.17, 15) is 4.79 Å². The minimum absolute atomic E-state index is 0.188. The van der Waals surface area contributed by atoms with Crippen molar-refractivity contribution < 1.29 is 4.79 Å². The fourth-order valence-electron chi connectivity index (χ4n) is 2.64. The van der Waals surface area contributed by atoms with Gasteiger partial charge in [0, 0.05) is 6.54 Å². The summed E-state index contributed by atoms with van der Waals surface area (Å²) >= 11 is 0. The van der Waals surface area contributed by atoms with E-state index in [0.29, 0.717) is 11.2 Å². The average Bonchev–Trinajstić information content (AvgIpc) is 2.75. The van der Waals surface area contributed by atoms with Crippen LogP contribution in [0.2, 0.25) is 0 Å². The Kier molecular flexibility index (Phi) is 2.22. The molecule has 1 heterocycles. The highest BCUT2D eigenvalue weighted by atomic mass is 16.1. The van der Waals surface area contributed by atoms with E-state index in [1.54, 1.807) is 6.92 Å². The fraction of sp³-hybridized carbons (Fsp3) is 0.917. The number of carbonyl (C=O) groups is 1. The van der Waals surface area contributed by atoms with Crippen molar-refractivity contribution in [3.63, 3.8) is 0 Å². The molecule has 80 valence electrons. The first-order valence-corrected chi connectivity index (χ1v) is 5.79. The SMILES string of the molecule is CCC(C)(C(C)=O)N1CCC2(CC2)C1. The molecule has 0 amide bonds. The van der Waals surface area contributed by atoms with Gasteiger partial charge in [0.2, 0.25) is 0 Å². The molecule has 1 unspecified atom stereocenters. The Hall–Kier alpha value is -0.370. The summed E-state index contributed by atoms with van der Waals surface area (Å²) in [5, 5.41) is 0. The summed E-state index contributed by atoms with van der Waals surface area (Å²) in [6.07, 6.45) is 5.04. The van der Waals surface area contributed by atoms with Crippen LogP contribution in [0, 0.1) is 5.41 Å². The van der Waals surface area contributed by atoms with Gasteiger partial charge in [0.1, 0.15) is 5.78 Å². The summed E-state index contributed by atoms with van der Waals surface area (Å²) in [6.45, 7) is 8.26. The van der Waals surface area contributed by atoms with Gasteiger partial charge < -0.3 is 0 Å². The van der Waals surface area contributed by atoms with Crippen molar-refractivity contribution in [3.05, 3.63) is 0 Å². The molecule has 1 atom stereocenters. The molecule has 0 aromatic carbocycles. The number of hydrogen-bond acceptors (Lipinski definition) is 2. The van der Waals surface area contributed by atoms with Crippen molar-refractivity contribution in [3.8, 4) is 0 Å². The molecule has 1 aliphatic heterocycles. The lowest BCUT2D eigenvalue weighted by Gasteiger charge is -2.36. The summed E-state index contributed by atoms with van der Waals surface area (Å²) in [4.78, 5) is 14.1. The van der Waals surface area contributed by atoms with Gasteiger partial charge in [-0.05, 0) is 51.5 Å². The Morgan fingerprint density at radius 2 is 2.07 bits per heavy atom. The van der Waals surface area contributed by atoms with Gasteiger partial charge in [0.25, 0.3) is 0 Å². The number of Topliss-reactive ketones (excluding diaryl/α,β-unsaturated/α-hetero) is 1. The number of ketones is 1. The lowest BCUT2D eigenvalue weighted by molar-refractivity contribution is -0.127. The first kappa shape index (κ1) is 10.2. The zero-order chi connectivity index (χ0) is 10.4. The molecule has 0 aromatic heterocycles. The van der Waals surface area contributed by atoms with Crippen molar-refractivity contribution in [2.45, 2.75) is 52.0 Å². The van der Waals surface area contributed by atoms with Gasteiger partial charge in [0.15, 0.2) is 0 Å². The molecule has 1 aliphatic carbocycles. The molecule has 2 nitrogen and oxygen atoms in total. The predicted octanol–water partition coefficient (Wildman–Crippen LogP) is 2.23. The van der Waals surface area contributed by atoms with Gasteiger partial charge in [0.05, 0.1) is 5.54 Å². The molecule has 1 spiro atoms. The van der Waals surface area contributed by atoms with Gasteiger partial charge in [-0.25, -0.2) is 0 Å². The summed E-state index contributed by atoms with van der Waals surface area (Å²) < 4.78 is 0. The van der Waals surface area contributed by atoms with E-state index >= 15 is 0 Å². The zero-order valence-corrected chi connectivity index (χ0v) is 9.60. The van der Waals surface area contributed by atoms with E-state index in [-0.39, 0.29) is 5.54 Å². The predicted molar refractivity (Wildman–Crippen MR) is 57.2 cm³/mol. The Bertz CT molecular complexity index is 257. The van der Waals surface area contributed by atoms with Crippen LogP contribution in [0.3, 0.4) is 0 Å². The minimum Gasteiger partial charge on any atom is -0.298 e. The summed E-state index contributed by atoms with van der Waals surface area (Å²) in [5.41, 5.74) is 0.442. The quantitative estimate of drug-likeness (QED) is 0.688. The van der Waals surface area contributed by atoms with Crippen LogP contribution in [0.1, 0.15) is 46.5 Å². The maximum Gasteiger partial charge on any atom is 0.149 e. The lowest BCUT2D eigenvalue weighted by Crippen LogP contribution is -2.50. The van der Waals surface area contributed by atoms with E-state index < -0.39 is 0 Å². The lowest BCUT2D eigenvalue weighted by atomic mass is 9.92. The topological polar surface area (TPSA) is 20.3 Å². The molecule has 0 N–H and O–H groups in total. The largest absolute Gasteiger partial charge is 0.298 e. The third-order valence-corrected chi connectivity index (χ3v) is 4.54. The first-order valence-electron chi connectivity index (χ1n) is 5.79. The van der Waals surface area contributed by atoms with Crippen molar-refractivity contribution in [2.75, 3.05) is 13.1 Å². The third kappa shape index (κ3) is 1.40. The summed E-state index contributed by atoms with van der Waals surface area (Å²) in [6, 6.07) is 0. The van der Waals surface area contributed by atoms with Crippen molar-refractivity contribution >= 4 is 5.78 Å². The highest BCUT2D eigenvalue weighted by Crippen LogP contribution is 2.54. The fourth-order valence-corrected chi connectivity index (χ4v) is 2.64. The van der Waals surface area contributed by atoms with Crippen LogP contribution in [-0.2, 0) is 4.79 Å². The van der Waals surface area contributed by atoms with E-state index in [4.69, 9.17) is 0 Å². The van der Waals surface area contributed by atoms with Crippen LogP contribution >= 0.6 is 0 Å². The van der Waals surface area contributed by atoms with Crippen LogP contribution in [0.15, 0.2) is 0 Å². The zero-order valence-electron chi connectivity index (χ0n) is 9.60. The number of nitrogens with zero attached hydrogens (tertiary/aromatic N) is 1. The Morgan fingerprint density at radius 3 is 2.43 bits per heavy atom. The van der Waals surface area contributed by atoms with Gasteiger partial charge >= 0.3 is 0 Å². The molecule has 2 heteroatoms. The molecule has 2 aliphatic rings. The monoisotopic (exact) mass is 195 g/mol. The molecular formula is C12H21NO. The van der Waals surface area contributed by atoms with Gasteiger partial charge in [-0.15, -0.1) is 0 Å². The highest BCUT2D eigenvalue weighted by Gasteiger charge is 2.51. The molecule has 2 fully saturated rings.